The van der Waals surface area contributed by atoms with Gasteiger partial charge in [0.15, 0.2) is 0 Å². The van der Waals surface area contributed by atoms with Crippen molar-refractivity contribution in [3.05, 3.63) is 56.6 Å². The normalized spacial score (nSPS) is 20.7. The number of halogens is 5. The van der Waals surface area contributed by atoms with Gasteiger partial charge >= 0.3 is 18.1 Å². The molecule has 0 bridgehead atoms. The van der Waals surface area contributed by atoms with E-state index in [1.54, 1.807) is 0 Å². The van der Waals surface area contributed by atoms with Crippen LogP contribution in [0.2, 0.25) is 10.0 Å². The number of carboxylic acids is 2. The molecule has 0 amide bonds. The number of rotatable bonds is 3. The molecule has 1 atom stereocenters. The minimum Gasteiger partial charge on any atom is -0.480 e. The second kappa shape index (κ2) is 6.38. The summed E-state index contributed by atoms with van der Waals surface area (Å²) in [6.45, 7) is 1.48. The third-order valence-corrected chi connectivity index (χ3v) is 4.41. The minimum atomic E-state index is -4.72. The van der Waals surface area contributed by atoms with E-state index in [0.717, 1.165) is 0 Å². The molecule has 0 saturated heterocycles. The van der Waals surface area contributed by atoms with Crippen molar-refractivity contribution in [1.82, 2.24) is 0 Å². The Morgan fingerprint density at radius 1 is 1.16 bits per heavy atom. The van der Waals surface area contributed by atoms with E-state index in [0.29, 0.717) is 17.7 Å². The summed E-state index contributed by atoms with van der Waals surface area (Å²) in [5.74, 6) is -2.81. The summed E-state index contributed by atoms with van der Waals surface area (Å²) in [4.78, 5) is 23.3. The van der Waals surface area contributed by atoms with E-state index in [4.69, 9.17) is 23.2 Å². The number of hydrogen-bond donors (Lipinski definition) is 2. The molecule has 1 aliphatic carbocycles. The van der Waals surface area contributed by atoms with Gasteiger partial charge in [0.05, 0.1) is 5.56 Å². The maximum atomic E-state index is 12.9. The van der Waals surface area contributed by atoms with Gasteiger partial charge in [-0.05, 0) is 25.1 Å². The molecule has 1 aliphatic rings. The predicted molar refractivity (Wildman–Crippen MR) is 84.9 cm³/mol. The second-order valence-electron chi connectivity index (χ2n) is 5.63. The van der Waals surface area contributed by atoms with Crippen molar-refractivity contribution in [2.75, 3.05) is 0 Å². The topological polar surface area (TPSA) is 74.6 Å². The highest BCUT2D eigenvalue weighted by Gasteiger charge is 2.46. The number of hydrogen-bond acceptors (Lipinski definition) is 2. The molecule has 0 aromatic heterocycles. The molecule has 1 unspecified atom stereocenters. The van der Waals surface area contributed by atoms with Gasteiger partial charge in [-0.2, -0.15) is 13.2 Å². The standard InChI is InChI=1S/C16H11Cl2F3O4/c1-7-2-8(13(22)23)6-15(5-7,14(24)25)12-10(17)3-9(4-11(12)18)16(19,20)21/h2-5H,6H2,1H3,(H,22,23)(H,24,25). The number of allylic oxidation sites excluding steroid dienone is 2. The average molecular weight is 395 g/mol. The lowest BCUT2D eigenvalue weighted by molar-refractivity contribution is -0.142. The van der Waals surface area contributed by atoms with Gasteiger partial charge in [-0.1, -0.05) is 34.9 Å². The van der Waals surface area contributed by atoms with Gasteiger partial charge in [0.2, 0.25) is 0 Å². The molecule has 0 radical (unpaired) electrons. The van der Waals surface area contributed by atoms with Crippen molar-refractivity contribution in [3.63, 3.8) is 0 Å². The summed E-state index contributed by atoms with van der Waals surface area (Å²) in [7, 11) is 0. The van der Waals surface area contributed by atoms with Gasteiger partial charge in [0.25, 0.3) is 0 Å². The maximum Gasteiger partial charge on any atom is 0.416 e. The molecule has 2 rings (SSSR count). The summed E-state index contributed by atoms with van der Waals surface area (Å²) in [5, 5.41) is 17.9. The van der Waals surface area contributed by atoms with Crippen LogP contribution in [0.1, 0.15) is 24.5 Å². The largest absolute Gasteiger partial charge is 0.480 e. The summed E-state index contributed by atoms with van der Waals surface area (Å²) >= 11 is 11.9. The molecule has 4 nitrogen and oxygen atoms in total. The van der Waals surface area contributed by atoms with E-state index in [1.165, 1.54) is 19.1 Å². The zero-order chi connectivity index (χ0) is 19.2. The van der Waals surface area contributed by atoms with Gasteiger partial charge in [-0.15, -0.1) is 0 Å². The van der Waals surface area contributed by atoms with E-state index in [9.17, 15) is 33.0 Å². The van der Waals surface area contributed by atoms with E-state index in [-0.39, 0.29) is 11.1 Å². The molecular formula is C16H11Cl2F3O4. The van der Waals surface area contributed by atoms with Crippen molar-refractivity contribution in [1.29, 1.82) is 0 Å². The van der Waals surface area contributed by atoms with Crippen LogP contribution in [0.25, 0.3) is 0 Å². The van der Waals surface area contributed by atoms with Crippen LogP contribution in [0.3, 0.4) is 0 Å². The molecule has 1 aromatic rings. The molecule has 0 fully saturated rings. The minimum absolute atomic E-state index is 0.213. The van der Waals surface area contributed by atoms with E-state index >= 15 is 0 Å². The molecule has 0 spiro atoms. The Morgan fingerprint density at radius 3 is 2.08 bits per heavy atom. The van der Waals surface area contributed by atoms with E-state index in [1.807, 2.05) is 0 Å². The van der Waals surface area contributed by atoms with Crippen LogP contribution < -0.4 is 0 Å². The first-order chi connectivity index (χ1) is 11.4. The molecule has 0 aliphatic heterocycles. The molecule has 0 saturated carbocycles. The van der Waals surface area contributed by atoms with Gasteiger partial charge in [-0.25, -0.2) is 4.79 Å². The molecule has 9 heteroatoms. The molecule has 1 aromatic carbocycles. The van der Waals surface area contributed by atoms with Crippen molar-refractivity contribution < 1.29 is 33.0 Å². The van der Waals surface area contributed by atoms with Crippen LogP contribution in [0.4, 0.5) is 13.2 Å². The number of aliphatic carboxylic acids is 2. The fourth-order valence-corrected chi connectivity index (χ4v) is 3.64. The highest BCUT2D eigenvalue weighted by Crippen LogP contribution is 2.46. The first-order valence-electron chi connectivity index (χ1n) is 6.82. The zero-order valence-corrected chi connectivity index (χ0v) is 14.1. The molecule has 2 N–H and O–H groups in total. The first kappa shape index (κ1) is 19.3. The molecule has 25 heavy (non-hydrogen) atoms. The van der Waals surface area contributed by atoms with E-state index < -0.39 is 45.6 Å². The summed E-state index contributed by atoms with van der Waals surface area (Å²) in [6.07, 6.45) is -2.69. The van der Waals surface area contributed by atoms with Gasteiger partial charge in [-0.3, -0.25) is 4.79 Å². The third-order valence-electron chi connectivity index (χ3n) is 3.82. The van der Waals surface area contributed by atoms with Crippen molar-refractivity contribution in [3.8, 4) is 0 Å². The lowest BCUT2D eigenvalue weighted by Gasteiger charge is -2.32. The Labute approximate surface area is 150 Å². The quantitative estimate of drug-likeness (QED) is 0.779. The Kier molecular flexibility index (Phi) is 4.94. The fraction of sp³-hybridized carbons (Fsp3) is 0.250. The van der Waals surface area contributed by atoms with Gasteiger partial charge < -0.3 is 10.2 Å². The van der Waals surface area contributed by atoms with Crippen molar-refractivity contribution in [2.45, 2.75) is 24.9 Å². The average Bonchev–Trinajstić information content (AvgIpc) is 2.44. The van der Waals surface area contributed by atoms with Crippen LogP contribution in [0, 0.1) is 0 Å². The van der Waals surface area contributed by atoms with Crippen LogP contribution in [-0.4, -0.2) is 22.2 Å². The fourth-order valence-electron chi connectivity index (χ4n) is 2.81. The summed E-state index contributed by atoms with van der Waals surface area (Å²) in [5.41, 5.74) is -3.28. The van der Waals surface area contributed by atoms with Gasteiger partial charge in [0.1, 0.15) is 5.41 Å². The van der Waals surface area contributed by atoms with Crippen molar-refractivity contribution in [2.24, 2.45) is 0 Å². The van der Waals surface area contributed by atoms with Crippen LogP contribution in [-0.2, 0) is 21.2 Å². The lowest BCUT2D eigenvalue weighted by Crippen LogP contribution is -2.38. The summed E-state index contributed by atoms with van der Waals surface area (Å²) < 4.78 is 38.6. The first-order valence-corrected chi connectivity index (χ1v) is 7.57. The highest BCUT2D eigenvalue weighted by atomic mass is 35.5. The summed E-state index contributed by atoms with van der Waals surface area (Å²) in [6, 6.07) is 1.16. The van der Waals surface area contributed by atoms with Crippen LogP contribution in [0.5, 0.6) is 0 Å². The Balaban J connectivity index is 2.74. The van der Waals surface area contributed by atoms with Crippen molar-refractivity contribution >= 4 is 35.1 Å². The molecular weight excluding hydrogens is 384 g/mol. The Bertz CT molecular complexity index is 804. The Hall–Kier alpha value is -1.99. The number of alkyl halides is 3. The number of benzene rings is 1. The number of carbonyl (C=O) groups is 2. The maximum absolute atomic E-state index is 12.9. The second-order valence-corrected chi connectivity index (χ2v) is 6.44. The van der Waals surface area contributed by atoms with Crippen LogP contribution in [0.15, 0.2) is 35.4 Å². The molecule has 0 heterocycles. The van der Waals surface area contributed by atoms with Gasteiger partial charge in [0, 0.05) is 27.6 Å². The predicted octanol–water partition coefficient (Wildman–Crippen LogP) is 4.70. The lowest BCUT2D eigenvalue weighted by atomic mass is 9.71. The number of carboxylic acid groups (broad SMARTS) is 2. The monoisotopic (exact) mass is 394 g/mol. The Morgan fingerprint density at radius 2 is 1.68 bits per heavy atom. The highest BCUT2D eigenvalue weighted by molar-refractivity contribution is 6.37. The molecule has 134 valence electrons. The van der Waals surface area contributed by atoms with Crippen LogP contribution >= 0.6 is 23.2 Å². The smallest absolute Gasteiger partial charge is 0.416 e. The third kappa shape index (κ3) is 3.52. The zero-order valence-electron chi connectivity index (χ0n) is 12.6. The van der Waals surface area contributed by atoms with E-state index in [2.05, 4.69) is 0 Å². The SMILES string of the molecule is CC1=CC(C(=O)O)(c2c(Cl)cc(C(F)(F)F)cc2Cl)CC(C(=O)O)=C1.